The number of carbonyl (C=O) groups excluding carboxylic acids is 2. The largest absolute Gasteiger partial charge is 0.344 e. The second-order valence-electron chi connectivity index (χ2n) is 4.98. The summed E-state index contributed by atoms with van der Waals surface area (Å²) in [6.45, 7) is 0.0249. The first-order chi connectivity index (χ1) is 11.8. The Balaban J connectivity index is 1.96. The lowest BCUT2D eigenvalue weighted by Gasteiger charge is -2.08. The van der Waals surface area contributed by atoms with Gasteiger partial charge in [0, 0.05) is 6.54 Å². The molecule has 2 amide bonds. The van der Waals surface area contributed by atoms with E-state index in [1.165, 1.54) is 36.4 Å². The van der Waals surface area contributed by atoms with Crippen molar-refractivity contribution >= 4 is 27.5 Å². The van der Waals surface area contributed by atoms with E-state index in [9.17, 15) is 18.0 Å². The van der Waals surface area contributed by atoms with E-state index in [1.807, 2.05) is 6.07 Å². The first-order valence-electron chi connectivity index (χ1n) is 7.01. The molecule has 2 rings (SSSR count). The lowest BCUT2D eigenvalue weighted by molar-refractivity contribution is -0.136. The highest BCUT2D eigenvalue weighted by atomic mass is 32.2. The minimum atomic E-state index is -3.78. The maximum absolute atomic E-state index is 11.9. The van der Waals surface area contributed by atoms with Crippen molar-refractivity contribution in [1.29, 1.82) is 5.26 Å². The third-order valence-electron chi connectivity index (χ3n) is 3.21. The van der Waals surface area contributed by atoms with E-state index in [0.717, 1.165) is 0 Å². The van der Waals surface area contributed by atoms with Gasteiger partial charge < -0.3 is 10.6 Å². The van der Waals surface area contributed by atoms with Crippen molar-refractivity contribution in [2.75, 3.05) is 5.32 Å². The lowest BCUT2D eigenvalue weighted by Crippen LogP contribution is -2.35. The molecule has 0 saturated carbocycles. The van der Waals surface area contributed by atoms with Crippen LogP contribution in [0.1, 0.15) is 11.1 Å². The van der Waals surface area contributed by atoms with Gasteiger partial charge in [-0.25, -0.2) is 13.6 Å². The van der Waals surface area contributed by atoms with Gasteiger partial charge in [0.25, 0.3) is 0 Å². The van der Waals surface area contributed by atoms with Crippen LogP contribution >= 0.6 is 0 Å². The molecule has 0 aliphatic rings. The summed E-state index contributed by atoms with van der Waals surface area (Å²) in [4.78, 5) is 23.6. The van der Waals surface area contributed by atoms with Crippen molar-refractivity contribution in [3.05, 3.63) is 59.7 Å². The molecule has 2 aromatic carbocycles. The number of hydrogen-bond donors (Lipinski definition) is 3. The minimum Gasteiger partial charge on any atom is -0.344 e. The van der Waals surface area contributed by atoms with Crippen LogP contribution in [0.5, 0.6) is 0 Å². The molecule has 128 valence electrons. The number of hydrogen-bond acceptors (Lipinski definition) is 5. The van der Waals surface area contributed by atoms with E-state index in [2.05, 4.69) is 10.6 Å². The lowest BCUT2D eigenvalue weighted by atomic mass is 10.2. The van der Waals surface area contributed by atoms with Gasteiger partial charge in [-0.3, -0.25) is 9.59 Å². The fourth-order valence-electron chi connectivity index (χ4n) is 1.93. The van der Waals surface area contributed by atoms with Gasteiger partial charge in [0.1, 0.15) is 6.07 Å². The Hall–Kier alpha value is -3.22. The van der Waals surface area contributed by atoms with Crippen molar-refractivity contribution < 1.29 is 18.0 Å². The van der Waals surface area contributed by atoms with Crippen molar-refractivity contribution in [2.45, 2.75) is 11.4 Å². The van der Waals surface area contributed by atoms with Gasteiger partial charge in [0.2, 0.25) is 10.0 Å². The number of nitrogens with one attached hydrogen (secondary N) is 2. The summed E-state index contributed by atoms with van der Waals surface area (Å²) in [7, 11) is -3.78. The van der Waals surface area contributed by atoms with Gasteiger partial charge in [0.15, 0.2) is 0 Å². The molecule has 0 aliphatic heterocycles. The number of anilines is 1. The number of para-hydroxylation sites is 1. The monoisotopic (exact) mass is 358 g/mol. The SMILES string of the molecule is N#Cc1ccccc1NC(=O)C(=O)NCc1ccc(S(N)(=O)=O)cc1. The Morgan fingerprint density at radius 2 is 1.68 bits per heavy atom. The van der Waals surface area contributed by atoms with E-state index < -0.39 is 21.8 Å². The zero-order valence-electron chi connectivity index (χ0n) is 12.9. The Morgan fingerprint density at radius 3 is 2.28 bits per heavy atom. The number of nitrogens with zero attached hydrogens (tertiary/aromatic N) is 1. The molecule has 0 radical (unpaired) electrons. The first-order valence-corrected chi connectivity index (χ1v) is 8.56. The van der Waals surface area contributed by atoms with Crippen molar-refractivity contribution in [2.24, 2.45) is 5.14 Å². The van der Waals surface area contributed by atoms with Gasteiger partial charge in [0.05, 0.1) is 16.1 Å². The molecule has 0 aromatic heterocycles. The molecule has 9 heteroatoms. The van der Waals surface area contributed by atoms with E-state index in [-0.39, 0.29) is 22.7 Å². The van der Waals surface area contributed by atoms with Crippen molar-refractivity contribution in [3.63, 3.8) is 0 Å². The van der Waals surface area contributed by atoms with Crippen LogP contribution in [0.3, 0.4) is 0 Å². The van der Waals surface area contributed by atoms with Crippen LogP contribution in [0.25, 0.3) is 0 Å². The second kappa shape index (κ2) is 7.57. The van der Waals surface area contributed by atoms with Gasteiger partial charge in [-0.2, -0.15) is 5.26 Å². The average Bonchev–Trinajstić information content (AvgIpc) is 2.59. The standard InChI is InChI=1S/C16H14N4O4S/c17-9-12-3-1-2-4-14(12)20-16(22)15(21)19-10-11-5-7-13(8-6-11)25(18,23)24/h1-8H,10H2,(H,19,21)(H,20,22)(H2,18,23,24). The van der Waals surface area contributed by atoms with Crippen molar-refractivity contribution in [3.8, 4) is 6.07 Å². The second-order valence-corrected chi connectivity index (χ2v) is 6.54. The Kier molecular flexibility index (Phi) is 5.49. The topological polar surface area (TPSA) is 142 Å². The Labute approximate surface area is 144 Å². The zero-order chi connectivity index (χ0) is 18.4. The smallest absolute Gasteiger partial charge is 0.313 e. The molecule has 0 bridgehead atoms. The van der Waals surface area contributed by atoms with Crippen LogP contribution in [-0.2, 0) is 26.2 Å². The van der Waals surface area contributed by atoms with Crippen LogP contribution in [0.15, 0.2) is 53.4 Å². The van der Waals surface area contributed by atoms with E-state index in [1.54, 1.807) is 12.1 Å². The summed E-state index contributed by atoms with van der Waals surface area (Å²) < 4.78 is 22.3. The summed E-state index contributed by atoms with van der Waals surface area (Å²) in [5, 5.41) is 18.7. The van der Waals surface area contributed by atoms with E-state index in [4.69, 9.17) is 10.4 Å². The number of carbonyl (C=O) groups is 2. The molecule has 4 N–H and O–H groups in total. The molecular weight excluding hydrogens is 344 g/mol. The first kappa shape index (κ1) is 18.1. The number of nitrogens with two attached hydrogens (primary N) is 1. The molecule has 0 saturated heterocycles. The number of nitriles is 1. The average molecular weight is 358 g/mol. The molecule has 2 aromatic rings. The molecule has 0 fully saturated rings. The summed E-state index contributed by atoms with van der Waals surface area (Å²) in [5.41, 5.74) is 1.07. The number of primary sulfonamides is 1. The predicted molar refractivity (Wildman–Crippen MR) is 89.4 cm³/mol. The summed E-state index contributed by atoms with van der Waals surface area (Å²) >= 11 is 0. The maximum atomic E-state index is 11.9. The normalized spacial score (nSPS) is 10.6. The Bertz CT molecular complexity index is 947. The molecule has 8 nitrogen and oxygen atoms in total. The number of amides is 2. The summed E-state index contributed by atoms with van der Waals surface area (Å²) in [6.07, 6.45) is 0. The van der Waals surface area contributed by atoms with Gasteiger partial charge in [-0.05, 0) is 29.8 Å². The number of rotatable bonds is 4. The molecule has 25 heavy (non-hydrogen) atoms. The third-order valence-corrected chi connectivity index (χ3v) is 4.14. The fourth-order valence-corrected chi connectivity index (χ4v) is 2.44. The van der Waals surface area contributed by atoms with Gasteiger partial charge >= 0.3 is 11.8 Å². The van der Waals surface area contributed by atoms with Crippen LogP contribution in [0, 0.1) is 11.3 Å². The quantitative estimate of drug-likeness (QED) is 0.681. The molecule has 0 aliphatic carbocycles. The highest BCUT2D eigenvalue weighted by Gasteiger charge is 2.15. The van der Waals surface area contributed by atoms with Crippen LogP contribution in [0.2, 0.25) is 0 Å². The van der Waals surface area contributed by atoms with Gasteiger partial charge in [-0.15, -0.1) is 0 Å². The van der Waals surface area contributed by atoms with Crippen LogP contribution < -0.4 is 15.8 Å². The third kappa shape index (κ3) is 4.87. The molecule has 0 atom stereocenters. The Morgan fingerprint density at radius 1 is 1.04 bits per heavy atom. The zero-order valence-corrected chi connectivity index (χ0v) is 13.7. The maximum Gasteiger partial charge on any atom is 0.313 e. The highest BCUT2D eigenvalue weighted by molar-refractivity contribution is 7.89. The van der Waals surface area contributed by atoms with Crippen LogP contribution in [-0.4, -0.2) is 20.2 Å². The number of benzene rings is 2. The van der Waals surface area contributed by atoms with Crippen LogP contribution in [0.4, 0.5) is 5.69 Å². The fraction of sp³-hybridized carbons (Fsp3) is 0.0625. The molecular formula is C16H14N4O4S. The summed E-state index contributed by atoms with van der Waals surface area (Å²) in [5.74, 6) is -1.80. The summed E-state index contributed by atoms with van der Waals surface area (Å²) in [6, 6.07) is 13.8. The minimum absolute atomic E-state index is 0.0249. The predicted octanol–water partition coefficient (Wildman–Crippen LogP) is 0.461. The van der Waals surface area contributed by atoms with E-state index >= 15 is 0 Å². The number of sulfonamides is 1. The molecule has 0 unspecified atom stereocenters. The molecule has 0 heterocycles. The van der Waals surface area contributed by atoms with Crippen molar-refractivity contribution in [1.82, 2.24) is 5.32 Å². The highest BCUT2D eigenvalue weighted by Crippen LogP contribution is 2.13. The van der Waals surface area contributed by atoms with E-state index in [0.29, 0.717) is 5.56 Å². The molecule has 0 spiro atoms. The van der Waals surface area contributed by atoms with Gasteiger partial charge in [-0.1, -0.05) is 24.3 Å².